The molecule has 0 N–H and O–H groups in total. The van der Waals surface area contributed by atoms with Crippen molar-refractivity contribution < 1.29 is 0 Å². The van der Waals surface area contributed by atoms with Gasteiger partial charge in [-0.2, -0.15) is 0 Å². The van der Waals surface area contributed by atoms with Gasteiger partial charge in [-0.15, -0.1) is 0 Å². The van der Waals surface area contributed by atoms with E-state index >= 15 is 0 Å². The lowest BCUT2D eigenvalue weighted by Crippen LogP contribution is -2.02. The van der Waals surface area contributed by atoms with E-state index < -0.39 is 0 Å². The highest BCUT2D eigenvalue weighted by Gasteiger charge is 2.19. The van der Waals surface area contributed by atoms with Gasteiger partial charge in [-0.05, 0) is 111 Å². The molecule has 2 heteroatoms. The van der Waals surface area contributed by atoms with Crippen LogP contribution in [0, 0.1) is 0 Å². The predicted octanol–water partition coefficient (Wildman–Crippen LogP) is 12.5. The summed E-state index contributed by atoms with van der Waals surface area (Å²) >= 11 is 0. The average molecular weight is 641 g/mol. The Morgan fingerprint density at radius 2 is 1.30 bits per heavy atom. The van der Waals surface area contributed by atoms with Gasteiger partial charge in [0.1, 0.15) is 0 Å². The summed E-state index contributed by atoms with van der Waals surface area (Å²) in [7, 11) is 0. The Hall–Kier alpha value is -6.12. The Labute approximate surface area is 293 Å². The summed E-state index contributed by atoms with van der Waals surface area (Å²) in [6, 6.07) is 48.1. The van der Waals surface area contributed by atoms with Crippen molar-refractivity contribution in [1.82, 2.24) is 9.97 Å². The molecule has 0 fully saturated rings. The fraction of sp³-hybridized carbons (Fsp3) is 0.0833. The quantitative estimate of drug-likeness (QED) is 0.181. The third kappa shape index (κ3) is 5.80. The van der Waals surface area contributed by atoms with E-state index in [1.165, 1.54) is 38.6 Å². The molecule has 0 amide bonds. The molecular weight excluding hydrogens is 605 g/mol. The number of pyridine rings is 2. The van der Waals surface area contributed by atoms with Crippen LogP contribution in [-0.4, -0.2) is 9.97 Å². The van der Waals surface area contributed by atoms with Gasteiger partial charge in [0.15, 0.2) is 0 Å². The van der Waals surface area contributed by atoms with Crippen LogP contribution >= 0.6 is 0 Å². The zero-order valence-electron chi connectivity index (χ0n) is 27.8. The first-order valence-electron chi connectivity index (χ1n) is 17.6. The number of aryl methyl sites for hydroxylation is 1. The molecule has 0 aliphatic heterocycles. The normalized spacial score (nSPS) is 14.9. The van der Waals surface area contributed by atoms with E-state index in [9.17, 15) is 0 Å². The molecule has 2 nitrogen and oxygen atoms in total. The first-order chi connectivity index (χ1) is 24.8. The van der Waals surface area contributed by atoms with Crippen LogP contribution < -0.4 is 0 Å². The first-order valence-corrected chi connectivity index (χ1v) is 17.6. The largest absolute Gasteiger partial charge is 0.256 e. The average Bonchev–Trinajstić information content (AvgIpc) is 3.21. The predicted molar refractivity (Wildman–Crippen MR) is 210 cm³/mol. The van der Waals surface area contributed by atoms with Gasteiger partial charge in [-0.25, -0.2) is 0 Å². The number of allylic oxidation sites excluding steroid dienone is 5. The minimum Gasteiger partial charge on any atom is -0.256 e. The van der Waals surface area contributed by atoms with Crippen molar-refractivity contribution in [2.45, 2.75) is 25.2 Å². The number of benzene rings is 5. The van der Waals surface area contributed by atoms with Gasteiger partial charge in [0.25, 0.3) is 0 Å². The summed E-state index contributed by atoms with van der Waals surface area (Å²) in [5, 5.41) is 2.63. The van der Waals surface area contributed by atoms with Crippen LogP contribution in [0.4, 0.5) is 0 Å². The number of hydrogen-bond acceptors (Lipinski definition) is 2. The lowest BCUT2D eigenvalue weighted by atomic mass is 9.84. The van der Waals surface area contributed by atoms with E-state index in [-0.39, 0.29) is 5.92 Å². The second kappa shape index (κ2) is 13.1. The summed E-state index contributed by atoms with van der Waals surface area (Å²) in [5.74, 6) is 0.231. The SMILES string of the molecule is C1=CCC(c2cc(-c3cc(-c4ccc(-c5ccccc5)cn4)cc(-c4cc5ccccc5c5c4C=CCC5)c3)cc(-c3ccccc3)n2)C=C1. The standard InChI is InChI=1S/C48H36N2/c1-4-14-33(15-5-1)37-24-25-46(49-32-37)41-27-38(26-40(28-41)45-29-36-20-10-11-21-42(36)43-22-12-13-23-44(43)45)39-30-47(34-16-6-2-7-17-34)50-48(31-39)35-18-8-3-9-19-35/h1-11,13-18,20-21,23-32,35H,12,19,22H2. The smallest absolute Gasteiger partial charge is 0.0711 e. The number of hydrogen-bond donors (Lipinski definition) is 0. The van der Waals surface area contributed by atoms with Gasteiger partial charge in [0.05, 0.1) is 11.4 Å². The highest BCUT2D eigenvalue weighted by atomic mass is 14.7. The molecule has 9 rings (SSSR count). The van der Waals surface area contributed by atoms with E-state index in [0.717, 1.165) is 64.2 Å². The van der Waals surface area contributed by atoms with Gasteiger partial charge in [-0.1, -0.05) is 127 Å². The molecule has 0 bridgehead atoms. The lowest BCUT2D eigenvalue weighted by Gasteiger charge is -2.20. The molecule has 2 heterocycles. The lowest BCUT2D eigenvalue weighted by molar-refractivity contribution is 0.818. The van der Waals surface area contributed by atoms with Crippen LogP contribution in [0.1, 0.15) is 35.6 Å². The molecular formula is C48H36N2. The number of nitrogens with zero attached hydrogens (tertiary/aromatic N) is 2. The minimum absolute atomic E-state index is 0.231. The highest BCUT2D eigenvalue weighted by Crippen LogP contribution is 2.41. The van der Waals surface area contributed by atoms with Crippen LogP contribution in [-0.2, 0) is 6.42 Å². The van der Waals surface area contributed by atoms with Crippen molar-refractivity contribution in [3.05, 3.63) is 187 Å². The van der Waals surface area contributed by atoms with Crippen molar-refractivity contribution in [2.75, 3.05) is 0 Å². The summed E-state index contributed by atoms with van der Waals surface area (Å²) < 4.78 is 0. The Bertz CT molecular complexity index is 2430. The molecule has 7 aromatic rings. The molecule has 1 atom stereocenters. The van der Waals surface area contributed by atoms with Gasteiger partial charge >= 0.3 is 0 Å². The second-order valence-corrected chi connectivity index (χ2v) is 13.3. The molecule has 2 aliphatic rings. The third-order valence-corrected chi connectivity index (χ3v) is 10.1. The Balaban J connectivity index is 1.26. The Morgan fingerprint density at radius 1 is 0.540 bits per heavy atom. The topological polar surface area (TPSA) is 25.8 Å². The molecule has 50 heavy (non-hydrogen) atoms. The molecule has 0 saturated carbocycles. The maximum Gasteiger partial charge on any atom is 0.0711 e. The summed E-state index contributed by atoms with van der Waals surface area (Å²) in [5.41, 5.74) is 15.1. The number of fused-ring (bicyclic) bond motifs is 3. The second-order valence-electron chi connectivity index (χ2n) is 13.3. The van der Waals surface area contributed by atoms with Crippen LogP contribution in [0.5, 0.6) is 0 Å². The van der Waals surface area contributed by atoms with E-state index in [1.54, 1.807) is 0 Å². The van der Waals surface area contributed by atoms with E-state index in [4.69, 9.17) is 9.97 Å². The fourth-order valence-corrected chi connectivity index (χ4v) is 7.49. The van der Waals surface area contributed by atoms with Crippen LogP contribution in [0.25, 0.3) is 72.7 Å². The summed E-state index contributed by atoms with van der Waals surface area (Å²) in [6.45, 7) is 0. The van der Waals surface area contributed by atoms with Crippen LogP contribution in [0.3, 0.4) is 0 Å². The number of aromatic nitrogens is 2. The van der Waals surface area contributed by atoms with Crippen molar-refractivity contribution in [1.29, 1.82) is 0 Å². The van der Waals surface area contributed by atoms with E-state index in [2.05, 4.69) is 164 Å². The fourth-order valence-electron chi connectivity index (χ4n) is 7.49. The van der Waals surface area contributed by atoms with Gasteiger partial charge < -0.3 is 0 Å². The van der Waals surface area contributed by atoms with Crippen LogP contribution in [0.15, 0.2) is 170 Å². The molecule has 5 aromatic carbocycles. The zero-order chi connectivity index (χ0) is 33.3. The molecule has 2 aliphatic carbocycles. The van der Waals surface area contributed by atoms with Gasteiger partial charge in [0.2, 0.25) is 0 Å². The maximum atomic E-state index is 5.24. The zero-order valence-corrected chi connectivity index (χ0v) is 27.8. The Morgan fingerprint density at radius 3 is 2.10 bits per heavy atom. The van der Waals surface area contributed by atoms with Crippen molar-refractivity contribution in [3.63, 3.8) is 0 Å². The summed E-state index contributed by atoms with van der Waals surface area (Å²) in [4.78, 5) is 10.3. The minimum atomic E-state index is 0.231. The monoisotopic (exact) mass is 640 g/mol. The van der Waals surface area contributed by atoms with Crippen LogP contribution in [0.2, 0.25) is 0 Å². The molecule has 1 unspecified atom stereocenters. The molecule has 238 valence electrons. The maximum absolute atomic E-state index is 5.24. The van der Waals surface area contributed by atoms with Gasteiger partial charge in [-0.3, -0.25) is 9.97 Å². The highest BCUT2D eigenvalue weighted by molar-refractivity contribution is 5.97. The molecule has 0 spiro atoms. The van der Waals surface area contributed by atoms with Crippen molar-refractivity contribution in [2.24, 2.45) is 0 Å². The first kappa shape index (κ1) is 30.0. The molecule has 2 aromatic heterocycles. The van der Waals surface area contributed by atoms with Crippen molar-refractivity contribution >= 4 is 16.8 Å². The van der Waals surface area contributed by atoms with E-state index in [1.807, 2.05) is 12.3 Å². The number of rotatable bonds is 6. The van der Waals surface area contributed by atoms with Gasteiger partial charge in [0, 0.05) is 34.5 Å². The molecule has 0 radical (unpaired) electrons. The Kier molecular flexibility index (Phi) is 7.83. The molecule has 0 saturated heterocycles. The summed E-state index contributed by atoms with van der Waals surface area (Å²) in [6.07, 6.45) is 18.5. The van der Waals surface area contributed by atoms with Crippen molar-refractivity contribution in [3.8, 4) is 55.9 Å². The van der Waals surface area contributed by atoms with E-state index in [0.29, 0.717) is 0 Å². The third-order valence-electron chi connectivity index (χ3n) is 10.1.